The number of hydrogen-bond acceptors (Lipinski definition) is 3. The van der Waals surface area contributed by atoms with Crippen molar-refractivity contribution in [2.45, 2.75) is 43.7 Å². The second-order valence-corrected chi connectivity index (χ2v) is 8.43. The van der Waals surface area contributed by atoms with E-state index in [0.717, 1.165) is 38.6 Å². The van der Waals surface area contributed by atoms with Gasteiger partial charge >= 0.3 is 0 Å². The number of benzene rings is 1. The molecular formula is C21H24N3OS+. The topological polar surface area (TPSA) is 57.3 Å². The van der Waals surface area contributed by atoms with Crippen LogP contribution in [0.5, 0.6) is 0 Å². The first-order valence-electron chi connectivity index (χ1n) is 9.39. The van der Waals surface area contributed by atoms with Crippen LogP contribution in [0.3, 0.4) is 0 Å². The average molecular weight is 367 g/mol. The minimum absolute atomic E-state index is 0.00283. The van der Waals surface area contributed by atoms with E-state index in [4.69, 9.17) is 0 Å². The Morgan fingerprint density at radius 3 is 2.77 bits per heavy atom. The van der Waals surface area contributed by atoms with E-state index >= 15 is 0 Å². The molecular weight excluding hydrogens is 342 g/mol. The smallest absolute Gasteiger partial charge is 0.276 e. The van der Waals surface area contributed by atoms with Crippen LogP contribution in [0, 0.1) is 11.3 Å². The molecule has 2 N–H and O–H groups in total. The summed E-state index contributed by atoms with van der Waals surface area (Å²) in [6, 6.07) is 15.2. The molecule has 0 bridgehead atoms. The van der Waals surface area contributed by atoms with Crippen LogP contribution in [-0.4, -0.2) is 24.5 Å². The minimum atomic E-state index is -0.637. The maximum Gasteiger partial charge on any atom is 0.276 e. The first kappa shape index (κ1) is 17.3. The van der Waals surface area contributed by atoms with Crippen LogP contribution in [0.1, 0.15) is 47.7 Å². The molecule has 1 amide bonds. The van der Waals surface area contributed by atoms with Crippen molar-refractivity contribution in [3.63, 3.8) is 0 Å². The standard InChI is InChI=1S/C21H23N3OS/c22-15-21(10-4-5-11-21)23-19(25)14-24-12-8-18-17(9-13-26-18)20(24)16-6-2-1-3-7-16/h1-3,6-7,9,13,20H,4-5,8,10-12,14H2,(H,23,25)/p+1/t20-/m1/s1. The molecule has 1 saturated carbocycles. The van der Waals surface area contributed by atoms with Crippen LogP contribution in [0.2, 0.25) is 0 Å². The van der Waals surface area contributed by atoms with Crippen LogP contribution in [0.15, 0.2) is 41.8 Å². The van der Waals surface area contributed by atoms with Gasteiger partial charge in [-0.25, -0.2) is 0 Å². The molecule has 134 valence electrons. The Bertz CT molecular complexity index is 817. The summed E-state index contributed by atoms with van der Waals surface area (Å²) >= 11 is 1.82. The van der Waals surface area contributed by atoms with Crippen LogP contribution in [0.4, 0.5) is 0 Å². The van der Waals surface area contributed by atoms with Crippen LogP contribution >= 0.6 is 11.3 Å². The molecule has 1 unspecified atom stereocenters. The number of nitriles is 1. The van der Waals surface area contributed by atoms with Gasteiger partial charge in [-0.15, -0.1) is 11.3 Å². The minimum Gasteiger partial charge on any atom is -0.333 e. The van der Waals surface area contributed by atoms with E-state index in [1.807, 2.05) is 17.4 Å². The van der Waals surface area contributed by atoms with E-state index in [0.29, 0.717) is 6.54 Å². The lowest BCUT2D eigenvalue weighted by Gasteiger charge is -2.33. The van der Waals surface area contributed by atoms with Crippen molar-refractivity contribution in [2.24, 2.45) is 0 Å². The Balaban J connectivity index is 1.55. The van der Waals surface area contributed by atoms with Gasteiger partial charge in [-0.1, -0.05) is 30.3 Å². The van der Waals surface area contributed by atoms with Crippen molar-refractivity contribution in [3.8, 4) is 6.07 Å². The van der Waals surface area contributed by atoms with E-state index in [1.165, 1.54) is 20.9 Å². The fourth-order valence-corrected chi connectivity index (χ4v) is 5.38. The van der Waals surface area contributed by atoms with Gasteiger partial charge < -0.3 is 10.2 Å². The number of carbonyl (C=O) groups excluding carboxylic acids is 1. The van der Waals surface area contributed by atoms with E-state index in [1.54, 1.807) is 0 Å². The van der Waals surface area contributed by atoms with Crippen LogP contribution in [-0.2, 0) is 11.2 Å². The number of nitrogens with one attached hydrogen (secondary N) is 2. The van der Waals surface area contributed by atoms with Gasteiger partial charge in [0.15, 0.2) is 6.54 Å². The predicted molar refractivity (Wildman–Crippen MR) is 102 cm³/mol. The summed E-state index contributed by atoms with van der Waals surface area (Å²) in [6.45, 7) is 1.36. The summed E-state index contributed by atoms with van der Waals surface area (Å²) in [4.78, 5) is 15.5. The first-order valence-corrected chi connectivity index (χ1v) is 10.3. The second-order valence-electron chi connectivity index (χ2n) is 7.43. The Kier molecular flexibility index (Phi) is 4.80. The number of quaternary nitrogens is 1. The molecule has 0 radical (unpaired) electrons. The third kappa shape index (κ3) is 3.27. The van der Waals surface area contributed by atoms with Gasteiger partial charge in [-0.05, 0) is 37.1 Å². The predicted octanol–water partition coefficient (Wildman–Crippen LogP) is 2.23. The molecule has 0 saturated heterocycles. The van der Waals surface area contributed by atoms with Crippen molar-refractivity contribution >= 4 is 17.2 Å². The van der Waals surface area contributed by atoms with Gasteiger partial charge in [0, 0.05) is 22.4 Å². The number of fused-ring (bicyclic) bond motifs is 1. The summed E-state index contributed by atoms with van der Waals surface area (Å²) < 4.78 is 0. The third-order valence-electron chi connectivity index (χ3n) is 5.74. The van der Waals surface area contributed by atoms with Crippen molar-refractivity contribution in [3.05, 3.63) is 57.8 Å². The summed E-state index contributed by atoms with van der Waals surface area (Å²) in [5.41, 5.74) is 1.97. The molecule has 1 aromatic heterocycles. The zero-order valence-corrected chi connectivity index (χ0v) is 15.6. The van der Waals surface area contributed by atoms with Gasteiger partial charge in [-0.2, -0.15) is 5.26 Å². The van der Waals surface area contributed by atoms with Gasteiger partial charge in [0.1, 0.15) is 11.6 Å². The first-order chi connectivity index (χ1) is 12.7. The number of amides is 1. The van der Waals surface area contributed by atoms with Gasteiger partial charge in [-0.3, -0.25) is 4.79 Å². The van der Waals surface area contributed by atoms with Crippen LogP contribution < -0.4 is 10.2 Å². The van der Waals surface area contributed by atoms with Crippen molar-refractivity contribution in [1.82, 2.24) is 5.32 Å². The number of nitrogens with zero attached hydrogens (tertiary/aromatic N) is 1. The zero-order valence-electron chi connectivity index (χ0n) is 14.8. The molecule has 1 aliphatic carbocycles. The van der Waals surface area contributed by atoms with Crippen molar-refractivity contribution in [2.75, 3.05) is 13.1 Å². The molecule has 0 spiro atoms. The van der Waals surface area contributed by atoms with Crippen molar-refractivity contribution in [1.29, 1.82) is 5.26 Å². The largest absolute Gasteiger partial charge is 0.333 e. The highest BCUT2D eigenvalue weighted by atomic mass is 32.1. The summed E-state index contributed by atoms with van der Waals surface area (Å²) in [5, 5.41) is 14.8. The normalized spacial score (nSPS) is 23.8. The zero-order chi connectivity index (χ0) is 18.0. The van der Waals surface area contributed by atoms with Crippen LogP contribution in [0.25, 0.3) is 0 Å². The highest BCUT2D eigenvalue weighted by molar-refractivity contribution is 7.10. The average Bonchev–Trinajstić information content (AvgIpc) is 3.32. The van der Waals surface area contributed by atoms with E-state index in [-0.39, 0.29) is 11.9 Å². The van der Waals surface area contributed by atoms with E-state index in [9.17, 15) is 10.1 Å². The monoisotopic (exact) mass is 366 g/mol. The van der Waals surface area contributed by atoms with E-state index in [2.05, 4.69) is 47.1 Å². The molecule has 1 aliphatic heterocycles. The highest BCUT2D eigenvalue weighted by Gasteiger charge is 2.38. The number of rotatable bonds is 4. The number of thiophene rings is 1. The van der Waals surface area contributed by atoms with Gasteiger partial charge in [0.25, 0.3) is 5.91 Å². The second kappa shape index (κ2) is 7.22. The SMILES string of the molecule is N#CC1(NC(=O)C[NH+]2CCc3sccc3[C@H]2c2ccccc2)CCCC1. The molecule has 5 heteroatoms. The summed E-state index contributed by atoms with van der Waals surface area (Å²) in [7, 11) is 0. The highest BCUT2D eigenvalue weighted by Crippen LogP contribution is 2.30. The van der Waals surface area contributed by atoms with E-state index < -0.39 is 5.54 Å². The summed E-state index contributed by atoms with van der Waals surface area (Å²) in [5.74, 6) is 0.00283. The lowest BCUT2D eigenvalue weighted by molar-refractivity contribution is -0.920. The molecule has 4 nitrogen and oxygen atoms in total. The Labute approximate surface area is 158 Å². The summed E-state index contributed by atoms with van der Waals surface area (Å²) in [6.07, 6.45) is 4.62. The Morgan fingerprint density at radius 2 is 2.04 bits per heavy atom. The molecule has 26 heavy (non-hydrogen) atoms. The Morgan fingerprint density at radius 1 is 1.27 bits per heavy atom. The molecule has 1 fully saturated rings. The molecule has 2 aromatic rings. The number of carbonyl (C=O) groups is 1. The molecule has 2 aliphatic rings. The maximum absolute atomic E-state index is 12.8. The quantitative estimate of drug-likeness (QED) is 0.872. The molecule has 2 atom stereocenters. The number of hydrogen-bond donors (Lipinski definition) is 2. The van der Waals surface area contributed by atoms with Gasteiger partial charge in [0.2, 0.25) is 0 Å². The Hall–Kier alpha value is -2.16. The lowest BCUT2D eigenvalue weighted by atomic mass is 9.93. The van der Waals surface area contributed by atoms with Gasteiger partial charge in [0.05, 0.1) is 12.6 Å². The maximum atomic E-state index is 12.8. The van der Waals surface area contributed by atoms with Crippen molar-refractivity contribution < 1.29 is 9.69 Å². The molecule has 2 heterocycles. The third-order valence-corrected chi connectivity index (χ3v) is 6.74. The molecule has 1 aromatic carbocycles. The lowest BCUT2D eigenvalue weighted by Crippen LogP contribution is -3.14. The molecule has 4 rings (SSSR count). The fourth-order valence-electron chi connectivity index (χ4n) is 4.46. The fraction of sp³-hybridized carbons (Fsp3) is 0.429.